The van der Waals surface area contributed by atoms with Gasteiger partial charge in [0.05, 0.1) is 10.6 Å². The van der Waals surface area contributed by atoms with Crippen molar-refractivity contribution in [1.29, 1.82) is 0 Å². The van der Waals surface area contributed by atoms with E-state index in [0.29, 0.717) is 16.8 Å². The molecule has 1 N–H and O–H groups in total. The van der Waals surface area contributed by atoms with Crippen molar-refractivity contribution < 1.29 is 13.2 Å². The van der Waals surface area contributed by atoms with Crippen LogP contribution in [0.25, 0.3) is 0 Å². The molecule has 0 aliphatic heterocycles. The molecule has 0 atom stereocenters. The number of amides is 1. The number of carbonyl (C=O) groups excluding carboxylic acids is 1. The minimum atomic E-state index is -3.93. The van der Waals surface area contributed by atoms with Crippen molar-refractivity contribution >= 4 is 27.3 Å². The first-order chi connectivity index (χ1) is 18.2. The van der Waals surface area contributed by atoms with E-state index in [1.165, 1.54) is 48.4 Å². The number of aryl methyl sites for hydroxylation is 2. The van der Waals surface area contributed by atoms with Gasteiger partial charge < -0.3 is 5.32 Å². The Morgan fingerprint density at radius 3 is 1.82 bits per heavy atom. The Bertz CT molecular complexity index is 1390. The monoisotopic (exact) mass is 528 g/mol. The maximum absolute atomic E-state index is 13.6. The van der Waals surface area contributed by atoms with Crippen LogP contribution in [0.2, 0.25) is 0 Å². The Hall–Kier alpha value is -3.12. The van der Waals surface area contributed by atoms with E-state index < -0.39 is 10.0 Å². The fourth-order valence-corrected chi connectivity index (χ4v) is 8.99. The summed E-state index contributed by atoms with van der Waals surface area (Å²) >= 11 is 0. The van der Waals surface area contributed by atoms with Gasteiger partial charge in [0.25, 0.3) is 10.0 Å². The molecule has 0 radical (unpaired) electrons. The van der Waals surface area contributed by atoms with Gasteiger partial charge in [0.2, 0.25) is 5.91 Å². The second kappa shape index (κ2) is 9.57. The molecule has 0 heterocycles. The van der Waals surface area contributed by atoms with Gasteiger partial charge >= 0.3 is 0 Å². The van der Waals surface area contributed by atoms with Crippen LogP contribution in [0, 0.1) is 31.6 Å². The molecule has 3 aromatic carbocycles. The Balaban J connectivity index is 1.20. The summed E-state index contributed by atoms with van der Waals surface area (Å²) in [6, 6.07) is 22.3. The van der Waals surface area contributed by atoms with E-state index >= 15 is 0 Å². The molecular formula is C32H36N2O3S. The predicted molar refractivity (Wildman–Crippen MR) is 152 cm³/mol. The van der Waals surface area contributed by atoms with Crippen LogP contribution in [-0.2, 0) is 20.2 Å². The third-order valence-corrected chi connectivity index (χ3v) is 10.8. The standard InChI is InChI=1S/C32H36N2O3S/c1-22-3-11-29(12-4-22)34(38(36,37)30-13-5-23(2)6-14-30)21-31(35)33-28-9-7-27(8-10-28)32-18-24-15-25(19-32)17-26(16-24)20-32/h3-14,24-26H,15-21H2,1-2H3,(H,33,35). The summed E-state index contributed by atoms with van der Waals surface area (Å²) in [7, 11) is -3.93. The predicted octanol–water partition coefficient (Wildman–Crippen LogP) is 6.61. The number of anilines is 2. The Morgan fingerprint density at radius 1 is 0.789 bits per heavy atom. The lowest BCUT2D eigenvalue weighted by atomic mass is 9.48. The first-order valence-corrected chi connectivity index (χ1v) is 15.2. The summed E-state index contributed by atoms with van der Waals surface area (Å²) in [5.41, 5.74) is 4.86. The number of nitrogens with zero attached hydrogens (tertiary/aromatic N) is 1. The van der Waals surface area contributed by atoms with E-state index in [2.05, 4.69) is 17.4 Å². The number of sulfonamides is 1. The fourth-order valence-electron chi connectivity index (χ4n) is 7.57. The highest BCUT2D eigenvalue weighted by Crippen LogP contribution is 2.60. The Kier molecular flexibility index (Phi) is 6.34. The van der Waals surface area contributed by atoms with Gasteiger partial charge in [-0.25, -0.2) is 8.42 Å². The van der Waals surface area contributed by atoms with Crippen molar-refractivity contribution in [3.8, 4) is 0 Å². The quantitative estimate of drug-likeness (QED) is 0.375. The van der Waals surface area contributed by atoms with Crippen molar-refractivity contribution in [1.82, 2.24) is 0 Å². The molecule has 0 aromatic heterocycles. The lowest BCUT2D eigenvalue weighted by Crippen LogP contribution is -2.48. The largest absolute Gasteiger partial charge is 0.325 e. The summed E-state index contributed by atoms with van der Waals surface area (Å²) < 4.78 is 28.4. The van der Waals surface area contributed by atoms with Crippen molar-refractivity contribution in [2.45, 2.75) is 62.7 Å². The lowest BCUT2D eigenvalue weighted by molar-refractivity contribution is -0.114. The van der Waals surface area contributed by atoms with E-state index in [4.69, 9.17) is 0 Å². The van der Waals surface area contributed by atoms with Gasteiger partial charge in [-0.1, -0.05) is 47.5 Å². The summed E-state index contributed by atoms with van der Waals surface area (Å²) in [6.45, 7) is 3.55. The van der Waals surface area contributed by atoms with E-state index in [-0.39, 0.29) is 17.3 Å². The second-order valence-electron chi connectivity index (χ2n) is 12.0. The topological polar surface area (TPSA) is 66.5 Å². The van der Waals surface area contributed by atoms with Gasteiger partial charge in [-0.15, -0.1) is 0 Å². The van der Waals surface area contributed by atoms with Gasteiger partial charge in [0, 0.05) is 5.69 Å². The van der Waals surface area contributed by atoms with Crippen molar-refractivity contribution in [2.24, 2.45) is 17.8 Å². The highest BCUT2D eigenvalue weighted by atomic mass is 32.2. The molecule has 38 heavy (non-hydrogen) atoms. The van der Waals surface area contributed by atoms with Crippen molar-refractivity contribution in [2.75, 3.05) is 16.2 Å². The molecule has 0 saturated heterocycles. The molecule has 0 spiro atoms. The van der Waals surface area contributed by atoms with Crippen LogP contribution in [0.4, 0.5) is 11.4 Å². The van der Waals surface area contributed by atoms with E-state index in [9.17, 15) is 13.2 Å². The van der Waals surface area contributed by atoms with E-state index in [1.54, 1.807) is 36.4 Å². The number of rotatable bonds is 7. The van der Waals surface area contributed by atoms with Crippen molar-refractivity contribution in [3.05, 3.63) is 89.5 Å². The summed E-state index contributed by atoms with van der Waals surface area (Å²) in [5.74, 6) is 2.26. The maximum Gasteiger partial charge on any atom is 0.264 e. The van der Waals surface area contributed by atoms with Crippen LogP contribution in [0.15, 0.2) is 77.7 Å². The van der Waals surface area contributed by atoms with Gasteiger partial charge in [0.15, 0.2) is 0 Å². The van der Waals surface area contributed by atoms with Gasteiger partial charge in [0.1, 0.15) is 6.54 Å². The molecule has 198 valence electrons. The van der Waals surface area contributed by atoms with E-state index in [0.717, 1.165) is 28.9 Å². The maximum atomic E-state index is 13.6. The van der Waals surface area contributed by atoms with Gasteiger partial charge in [-0.05, 0) is 118 Å². The van der Waals surface area contributed by atoms with Crippen LogP contribution in [0.1, 0.15) is 55.2 Å². The van der Waals surface area contributed by atoms with Gasteiger partial charge in [-0.3, -0.25) is 9.10 Å². The zero-order valence-electron chi connectivity index (χ0n) is 22.2. The first kappa shape index (κ1) is 25.2. The third kappa shape index (κ3) is 4.75. The van der Waals surface area contributed by atoms with Crippen LogP contribution in [0.5, 0.6) is 0 Å². The zero-order valence-corrected chi connectivity index (χ0v) is 23.0. The number of hydrogen-bond acceptors (Lipinski definition) is 3. The van der Waals surface area contributed by atoms with Crippen LogP contribution in [-0.4, -0.2) is 20.9 Å². The summed E-state index contributed by atoms with van der Waals surface area (Å²) in [5, 5.41) is 2.94. The first-order valence-electron chi connectivity index (χ1n) is 13.8. The normalized spacial score (nSPS) is 25.8. The SMILES string of the molecule is Cc1ccc(N(CC(=O)Nc2ccc(C34CC5CC(CC(C5)C3)C4)cc2)S(=O)(=O)c2ccc(C)cc2)cc1. The van der Waals surface area contributed by atoms with Crippen molar-refractivity contribution in [3.63, 3.8) is 0 Å². The molecule has 4 fully saturated rings. The molecule has 4 aliphatic carbocycles. The third-order valence-electron chi connectivity index (χ3n) is 9.04. The number of carbonyl (C=O) groups is 1. The van der Waals surface area contributed by atoms with Crippen LogP contribution < -0.4 is 9.62 Å². The second-order valence-corrected chi connectivity index (χ2v) is 13.8. The molecule has 4 bridgehead atoms. The fraction of sp³-hybridized carbons (Fsp3) is 0.406. The lowest BCUT2D eigenvalue weighted by Gasteiger charge is -2.57. The molecule has 3 aromatic rings. The molecular weight excluding hydrogens is 492 g/mol. The van der Waals surface area contributed by atoms with E-state index in [1.807, 2.05) is 38.1 Å². The smallest absolute Gasteiger partial charge is 0.264 e. The van der Waals surface area contributed by atoms with Crippen LogP contribution in [0.3, 0.4) is 0 Å². The molecule has 4 aliphatic rings. The highest BCUT2D eigenvalue weighted by molar-refractivity contribution is 7.92. The molecule has 0 unspecified atom stereocenters. The Labute approximate surface area is 226 Å². The summed E-state index contributed by atoms with van der Waals surface area (Å²) in [4.78, 5) is 13.3. The molecule has 6 heteroatoms. The summed E-state index contributed by atoms with van der Waals surface area (Å²) in [6.07, 6.45) is 8.14. The molecule has 1 amide bonds. The van der Waals surface area contributed by atoms with Gasteiger partial charge in [-0.2, -0.15) is 0 Å². The Morgan fingerprint density at radius 2 is 1.29 bits per heavy atom. The minimum absolute atomic E-state index is 0.163. The average Bonchev–Trinajstić information content (AvgIpc) is 2.88. The number of hydrogen-bond donors (Lipinski definition) is 1. The average molecular weight is 529 g/mol. The molecule has 4 saturated carbocycles. The zero-order chi connectivity index (χ0) is 26.5. The number of nitrogens with one attached hydrogen (secondary N) is 1. The molecule has 7 rings (SSSR count). The highest BCUT2D eigenvalue weighted by Gasteiger charge is 2.51. The minimum Gasteiger partial charge on any atom is -0.325 e. The van der Waals surface area contributed by atoms with Crippen LogP contribution >= 0.6 is 0 Å². The molecule has 5 nitrogen and oxygen atoms in total. The number of benzene rings is 3.